The predicted molar refractivity (Wildman–Crippen MR) is 253 cm³/mol. The molecule has 0 fully saturated rings. The molecule has 0 heterocycles. The standard InChI is InChI=1S/C56H42O4/c1-29(2)59-47-25-13-33-9-17-37-35(15-7-31-11-19-41(47)53(33)51(31)37)45-27-49(57-5)43-23-24-44-50(58-6)28-46(40-22-21-39(45)55(43)56(40)44)36-16-8-32-12-20-42-48(60-30(3)4)26-14-34-10-18-38(36)52(32)54(34)42/h7-30H,1-6H3. The first-order valence-electron chi connectivity index (χ1n) is 20.9. The Kier molecular flexibility index (Phi) is 7.41. The minimum Gasteiger partial charge on any atom is -0.496 e. The van der Waals surface area contributed by atoms with Gasteiger partial charge in [0, 0.05) is 43.1 Å². The van der Waals surface area contributed by atoms with Gasteiger partial charge < -0.3 is 18.9 Å². The molecule has 0 bridgehead atoms. The molecule has 0 spiro atoms. The molecule has 0 N–H and O–H groups in total. The minimum absolute atomic E-state index is 0.0783. The Balaban J connectivity index is 1.15. The highest BCUT2D eigenvalue weighted by Gasteiger charge is 2.24. The Hall–Kier alpha value is -7.04. The van der Waals surface area contributed by atoms with Crippen LogP contribution in [-0.2, 0) is 0 Å². The summed E-state index contributed by atoms with van der Waals surface area (Å²) in [6.07, 6.45) is 0.157. The van der Waals surface area contributed by atoms with Gasteiger partial charge in [0.2, 0.25) is 0 Å². The lowest BCUT2D eigenvalue weighted by molar-refractivity contribution is 0.245. The molecule has 0 saturated heterocycles. The Morgan fingerprint density at radius 2 is 0.567 bits per heavy atom. The van der Waals surface area contributed by atoms with Crippen LogP contribution in [-0.4, -0.2) is 26.4 Å². The summed E-state index contributed by atoms with van der Waals surface area (Å²) in [4.78, 5) is 0. The van der Waals surface area contributed by atoms with Crippen molar-refractivity contribution in [1.29, 1.82) is 0 Å². The zero-order valence-corrected chi connectivity index (χ0v) is 34.5. The van der Waals surface area contributed by atoms with Crippen LogP contribution in [0.5, 0.6) is 23.0 Å². The summed E-state index contributed by atoms with van der Waals surface area (Å²) in [7, 11) is 3.56. The Labute approximate surface area is 347 Å². The summed E-state index contributed by atoms with van der Waals surface area (Å²) < 4.78 is 25.2. The van der Waals surface area contributed by atoms with Gasteiger partial charge in [0.25, 0.3) is 0 Å². The average molecular weight is 779 g/mol. The molecule has 4 nitrogen and oxygen atoms in total. The largest absolute Gasteiger partial charge is 0.496 e. The summed E-state index contributed by atoms with van der Waals surface area (Å²) in [5.41, 5.74) is 4.61. The van der Waals surface area contributed by atoms with Crippen LogP contribution in [0.15, 0.2) is 133 Å². The van der Waals surface area contributed by atoms with Gasteiger partial charge in [-0.25, -0.2) is 0 Å². The molecule has 0 aliphatic carbocycles. The van der Waals surface area contributed by atoms with Crippen molar-refractivity contribution in [2.24, 2.45) is 0 Å². The third kappa shape index (κ3) is 4.79. The van der Waals surface area contributed by atoms with Crippen LogP contribution >= 0.6 is 0 Å². The highest BCUT2D eigenvalue weighted by Crippen LogP contribution is 2.51. The molecule has 60 heavy (non-hydrogen) atoms. The van der Waals surface area contributed by atoms with E-state index in [2.05, 4.69) is 161 Å². The molecule has 0 aromatic heterocycles. The van der Waals surface area contributed by atoms with Gasteiger partial charge in [-0.3, -0.25) is 0 Å². The smallest absolute Gasteiger partial charge is 0.127 e. The van der Waals surface area contributed by atoms with Crippen molar-refractivity contribution in [2.75, 3.05) is 14.2 Å². The van der Waals surface area contributed by atoms with E-state index < -0.39 is 0 Å². The molecule has 0 aliphatic rings. The lowest BCUT2D eigenvalue weighted by Gasteiger charge is -2.22. The summed E-state index contributed by atoms with van der Waals surface area (Å²) in [6.45, 7) is 8.34. The van der Waals surface area contributed by atoms with Crippen LogP contribution < -0.4 is 18.9 Å². The molecule has 0 amide bonds. The van der Waals surface area contributed by atoms with Gasteiger partial charge in [-0.05, 0) is 152 Å². The fourth-order valence-electron chi connectivity index (χ4n) is 10.4. The van der Waals surface area contributed by atoms with Crippen molar-refractivity contribution in [3.8, 4) is 45.3 Å². The second-order valence-electron chi connectivity index (χ2n) is 16.9. The van der Waals surface area contributed by atoms with E-state index in [-0.39, 0.29) is 12.2 Å². The van der Waals surface area contributed by atoms with Crippen molar-refractivity contribution in [1.82, 2.24) is 0 Å². The van der Waals surface area contributed by atoms with Gasteiger partial charge in [0.05, 0.1) is 26.4 Å². The topological polar surface area (TPSA) is 36.9 Å². The van der Waals surface area contributed by atoms with E-state index >= 15 is 0 Å². The first-order valence-corrected chi connectivity index (χ1v) is 20.9. The average Bonchev–Trinajstić information content (AvgIpc) is 3.26. The summed E-state index contributed by atoms with van der Waals surface area (Å²) in [5.74, 6) is 3.52. The zero-order valence-electron chi connectivity index (χ0n) is 34.5. The SMILES string of the molecule is COc1cc(-c2ccc3ccc4c(OC(C)C)ccc5ccc2c3c54)c2ccc3c(-c4ccc5ccc6c(OC(C)C)ccc7ccc4c5c76)cc(OC)c4ccc1c2c43. The second-order valence-corrected chi connectivity index (χ2v) is 16.9. The van der Waals surface area contributed by atoms with Gasteiger partial charge in [-0.2, -0.15) is 0 Å². The maximum absolute atomic E-state index is 6.34. The summed E-state index contributed by atoms with van der Waals surface area (Å²) >= 11 is 0. The first kappa shape index (κ1) is 35.0. The van der Waals surface area contributed by atoms with Crippen LogP contribution in [0.25, 0.3) is 119 Å². The van der Waals surface area contributed by atoms with Crippen molar-refractivity contribution in [3.05, 3.63) is 133 Å². The highest BCUT2D eigenvalue weighted by molar-refractivity contribution is 6.33. The van der Waals surface area contributed by atoms with Crippen molar-refractivity contribution < 1.29 is 18.9 Å². The molecule has 0 aliphatic heterocycles. The molecule has 0 unspecified atom stereocenters. The minimum atomic E-state index is 0.0783. The molecular weight excluding hydrogens is 737 g/mol. The van der Waals surface area contributed by atoms with E-state index in [1.807, 2.05) is 0 Å². The molecule has 12 aromatic carbocycles. The number of methoxy groups -OCH3 is 2. The van der Waals surface area contributed by atoms with Crippen LogP contribution in [0, 0.1) is 0 Å². The van der Waals surface area contributed by atoms with Crippen molar-refractivity contribution in [3.63, 3.8) is 0 Å². The molecule has 4 heteroatoms. The van der Waals surface area contributed by atoms with Gasteiger partial charge in [0.1, 0.15) is 23.0 Å². The Morgan fingerprint density at radius 1 is 0.283 bits per heavy atom. The maximum Gasteiger partial charge on any atom is 0.127 e. The van der Waals surface area contributed by atoms with E-state index in [1.165, 1.54) is 86.5 Å². The lowest BCUT2D eigenvalue weighted by Crippen LogP contribution is -2.05. The van der Waals surface area contributed by atoms with Crippen LogP contribution in [0.1, 0.15) is 27.7 Å². The van der Waals surface area contributed by atoms with Crippen molar-refractivity contribution in [2.45, 2.75) is 39.9 Å². The van der Waals surface area contributed by atoms with Crippen LogP contribution in [0.4, 0.5) is 0 Å². The number of hydrogen-bond acceptors (Lipinski definition) is 4. The molecule has 12 aromatic rings. The van der Waals surface area contributed by atoms with Gasteiger partial charge in [-0.1, -0.05) is 84.9 Å². The Bertz CT molecular complexity index is 3450. The Morgan fingerprint density at radius 3 is 0.950 bits per heavy atom. The molecule has 0 saturated carbocycles. The summed E-state index contributed by atoms with van der Waals surface area (Å²) in [6, 6.07) is 49.2. The van der Waals surface area contributed by atoms with E-state index in [0.717, 1.165) is 55.7 Å². The number of rotatable bonds is 8. The quantitative estimate of drug-likeness (QED) is 0.144. The van der Waals surface area contributed by atoms with Gasteiger partial charge in [0.15, 0.2) is 0 Å². The third-order valence-electron chi connectivity index (χ3n) is 12.8. The van der Waals surface area contributed by atoms with Gasteiger partial charge in [-0.15, -0.1) is 0 Å². The molecule has 12 rings (SSSR count). The first-order chi connectivity index (χ1) is 29.3. The maximum atomic E-state index is 6.34. The normalized spacial score (nSPS) is 12.5. The van der Waals surface area contributed by atoms with Gasteiger partial charge >= 0.3 is 0 Å². The lowest BCUT2D eigenvalue weighted by atomic mass is 9.83. The third-order valence-corrected chi connectivity index (χ3v) is 12.8. The second kappa shape index (κ2) is 12.7. The fourth-order valence-corrected chi connectivity index (χ4v) is 10.4. The van der Waals surface area contributed by atoms with E-state index in [1.54, 1.807) is 14.2 Å². The molecule has 0 radical (unpaired) electrons. The van der Waals surface area contributed by atoms with E-state index in [4.69, 9.17) is 18.9 Å². The fraction of sp³-hybridized carbons (Fsp3) is 0.143. The number of hydrogen-bond donors (Lipinski definition) is 0. The zero-order chi connectivity index (χ0) is 40.6. The molecule has 290 valence electrons. The molecular formula is C56H42O4. The number of ether oxygens (including phenoxy) is 4. The van der Waals surface area contributed by atoms with Crippen LogP contribution in [0.3, 0.4) is 0 Å². The number of benzene rings is 12. The van der Waals surface area contributed by atoms with E-state index in [9.17, 15) is 0 Å². The van der Waals surface area contributed by atoms with E-state index in [0.29, 0.717) is 0 Å². The highest BCUT2D eigenvalue weighted by atomic mass is 16.5. The monoisotopic (exact) mass is 778 g/mol. The van der Waals surface area contributed by atoms with Crippen molar-refractivity contribution >= 4 is 97.0 Å². The summed E-state index contributed by atoms with van der Waals surface area (Å²) in [5, 5.41) is 21.4. The van der Waals surface area contributed by atoms with Crippen LogP contribution in [0.2, 0.25) is 0 Å². The predicted octanol–water partition coefficient (Wildman–Crippen LogP) is 15.3. The molecule has 0 atom stereocenters.